The molecule has 1 aromatic rings. The van der Waals surface area contributed by atoms with E-state index >= 15 is 0 Å². The second-order valence-electron chi connectivity index (χ2n) is 3.48. The fourth-order valence-corrected chi connectivity index (χ4v) is 1.76. The molecule has 0 spiro atoms. The van der Waals surface area contributed by atoms with Crippen LogP contribution in [0.5, 0.6) is 0 Å². The maximum absolute atomic E-state index is 8.95. The third-order valence-corrected chi connectivity index (χ3v) is 2.58. The Morgan fingerprint density at radius 3 is 2.93 bits per heavy atom. The lowest BCUT2D eigenvalue weighted by Gasteiger charge is -2.23. The highest BCUT2D eigenvalue weighted by Gasteiger charge is 2.28. The molecule has 1 aliphatic rings. The number of aliphatic hydroxyl groups is 1. The molecule has 4 heteroatoms. The Balaban J connectivity index is 2.16. The van der Waals surface area contributed by atoms with Crippen molar-refractivity contribution in [2.45, 2.75) is 18.9 Å². The van der Waals surface area contributed by atoms with Gasteiger partial charge in [0.25, 0.3) is 0 Å². The van der Waals surface area contributed by atoms with Crippen LogP contribution in [-0.2, 0) is 0 Å². The number of aliphatic hydroxyl groups excluding tert-OH is 1. The van der Waals surface area contributed by atoms with Crippen LogP contribution in [-0.4, -0.2) is 29.3 Å². The summed E-state index contributed by atoms with van der Waals surface area (Å²) < 4.78 is 0. The molecule has 0 saturated heterocycles. The van der Waals surface area contributed by atoms with Gasteiger partial charge in [-0.15, -0.1) is 0 Å². The molecule has 0 aromatic carbocycles. The molecule has 1 N–H and O–H groups in total. The van der Waals surface area contributed by atoms with Gasteiger partial charge in [-0.1, -0.05) is 11.6 Å². The van der Waals surface area contributed by atoms with E-state index in [2.05, 4.69) is 9.88 Å². The number of pyridine rings is 1. The maximum Gasteiger partial charge on any atom is 0.131 e. The summed E-state index contributed by atoms with van der Waals surface area (Å²) in [5, 5.41) is 9.46. The summed E-state index contributed by atoms with van der Waals surface area (Å²) in [6.45, 7) is 0.849. The molecular formula is C10H13ClN2O. The fraction of sp³-hybridized carbons (Fsp3) is 0.500. The van der Waals surface area contributed by atoms with Gasteiger partial charge < -0.3 is 10.0 Å². The lowest BCUT2D eigenvalue weighted by Crippen LogP contribution is -2.28. The minimum atomic E-state index is 0.177. The van der Waals surface area contributed by atoms with Crippen molar-refractivity contribution in [2.24, 2.45) is 0 Å². The molecule has 1 aliphatic carbocycles. The first-order chi connectivity index (χ1) is 6.81. The van der Waals surface area contributed by atoms with Gasteiger partial charge in [-0.25, -0.2) is 4.98 Å². The quantitative estimate of drug-likeness (QED) is 0.772. The van der Waals surface area contributed by atoms with Crippen LogP contribution < -0.4 is 4.90 Å². The fourth-order valence-electron chi connectivity index (χ4n) is 1.59. The third kappa shape index (κ3) is 2.16. The van der Waals surface area contributed by atoms with Crippen molar-refractivity contribution in [1.82, 2.24) is 4.98 Å². The lowest BCUT2D eigenvalue weighted by atomic mass is 10.3. The summed E-state index contributed by atoms with van der Waals surface area (Å²) in [4.78, 5) is 6.13. The number of anilines is 1. The van der Waals surface area contributed by atoms with E-state index in [1.807, 2.05) is 12.1 Å². The van der Waals surface area contributed by atoms with Crippen LogP contribution in [0.15, 0.2) is 18.3 Å². The number of rotatable bonds is 4. The van der Waals surface area contributed by atoms with Gasteiger partial charge in [-0.3, -0.25) is 0 Å². The minimum Gasteiger partial charge on any atom is -0.395 e. The van der Waals surface area contributed by atoms with E-state index in [1.54, 1.807) is 6.20 Å². The Morgan fingerprint density at radius 1 is 1.57 bits per heavy atom. The van der Waals surface area contributed by atoms with Gasteiger partial charge >= 0.3 is 0 Å². The van der Waals surface area contributed by atoms with Crippen molar-refractivity contribution < 1.29 is 5.11 Å². The van der Waals surface area contributed by atoms with E-state index in [0.29, 0.717) is 17.7 Å². The summed E-state index contributed by atoms with van der Waals surface area (Å²) in [6, 6.07) is 4.36. The molecule has 1 heterocycles. The second-order valence-corrected chi connectivity index (χ2v) is 3.87. The largest absolute Gasteiger partial charge is 0.395 e. The molecule has 2 rings (SSSR count). The summed E-state index contributed by atoms with van der Waals surface area (Å²) in [6.07, 6.45) is 4.12. The van der Waals surface area contributed by atoms with Crippen LogP contribution in [0.2, 0.25) is 5.15 Å². The van der Waals surface area contributed by atoms with E-state index in [9.17, 15) is 0 Å². The molecule has 3 nitrogen and oxygen atoms in total. The predicted octanol–water partition coefficient (Wildman–Crippen LogP) is 1.70. The number of hydrogen-bond donors (Lipinski definition) is 1. The molecule has 0 bridgehead atoms. The predicted molar refractivity (Wildman–Crippen MR) is 56.7 cm³/mol. The highest BCUT2D eigenvalue weighted by atomic mass is 35.5. The first-order valence-corrected chi connectivity index (χ1v) is 5.18. The summed E-state index contributed by atoms with van der Waals surface area (Å²) >= 11 is 5.81. The average molecular weight is 213 g/mol. The number of halogens is 1. The first-order valence-electron chi connectivity index (χ1n) is 4.80. The molecule has 76 valence electrons. The van der Waals surface area contributed by atoms with Crippen molar-refractivity contribution >= 4 is 17.3 Å². The summed E-state index contributed by atoms with van der Waals surface area (Å²) in [5.74, 6) is 0. The Hall–Kier alpha value is -0.800. The van der Waals surface area contributed by atoms with Crippen LogP contribution in [0.3, 0.4) is 0 Å². The van der Waals surface area contributed by atoms with E-state index in [-0.39, 0.29) is 6.61 Å². The van der Waals surface area contributed by atoms with Gasteiger partial charge in [-0.05, 0) is 25.0 Å². The second kappa shape index (κ2) is 4.15. The molecule has 0 radical (unpaired) electrons. The SMILES string of the molecule is OCCN(c1ccnc(Cl)c1)C1CC1. The van der Waals surface area contributed by atoms with E-state index in [1.165, 1.54) is 12.8 Å². The van der Waals surface area contributed by atoms with Gasteiger partial charge in [0.1, 0.15) is 5.15 Å². The molecule has 1 fully saturated rings. The zero-order chi connectivity index (χ0) is 9.97. The summed E-state index contributed by atoms with van der Waals surface area (Å²) in [5.41, 5.74) is 1.06. The maximum atomic E-state index is 8.95. The van der Waals surface area contributed by atoms with Gasteiger partial charge in [0.2, 0.25) is 0 Å². The van der Waals surface area contributed by atoms with Crippen molar-refractivity contribution in [3.8, 4) is 0 Å². The van der Waals surface area contributed by atoms with Gasteiger partial charge in [0.05, 0.1) is 6.61 Å². The van der Waals surface area contributed by atoms with Crippen LogP contribution in [0.25, 0.3) is 0 Å². The van der Waals surface area contributed by atoms with Crippen LogP contribution in [0.1, 0.15) is 12.8 Å². The van der Waals surface area contributed by atoms with Crippen LogP contribution in [0.4, 0.5) is 5.69 Å². The van der Waals surface area contributed by atoms with Crippen LogP contribution in [0, 0.1) is 0 Å². The highest BCUT2D eigenvalue weighted by molar-refractivity contribution is 6.29. The number of nitrogens with zero attached hydrogens (tertiary/aromatic N) is 2. The molecule has 0 unspecified atom stereocenters. The van der Waals surface area contributed by atoms with Crippen molar-refractivity contribution in [1.29, 1.82) is 0 Å². The first kappa shape index (κ1) is 9.74. The Bertz CT molecular complexity index is 315. The van der Waals surface area contributed by atoms with Crippen molar-refractivity contribution in [2.75, 3.05) is 18.1 Å². The normalized spacial score (nSPS) is 15.6. The number of aromatic nitrogens is 1. The lowest BCUT2D eigenvalue weighted by molar-refractivity contribution is 0.301. The monoisotopic (exact) mass is 212 g/mol. The van der Waals surface area contributed by atoms with Gasteiger partial charge in [-0.2, -0.15) is 0 Å². The van der Waals surface area contributed by atoms with E-state index < -0.39 is 0 Å². The zero-order valence-corrected chi connectivity index (χ0v) is 8.61. The Labute approximate surface area is 88.3 Å². The Kier molecular flexibility index (Phi) is 2.89. The molecule has 0 atom stereocenters. The van der Waals surface area contributed by atoms with E-state index in [4.69, 9.17) is 16.7 Å². The van der Waals surface area contributed by atoms with Gasteiger partial charge in [0.15, 0.2) is 0 Å². The molecule has 0 aliphatic heterocycles. The smallest absolute Gasteiger partial charge is 0.131 e. The average Bonchev–Trinajstić information content (AvgIpc) is 2.97. The standard InChI is InChI=1S/C10H13ClN2O/c11-10-7-9(3-4-12-10)13(5-6-14)8-1-2-8/h3-4,7-8,14H,1-2,5-6H2. The highest BCUT2D eigenvalue weighted by Crippen LogP contribution is 2.31. The summed E-state index contributed by atoms with van der Waals surface area (Å²) in [7, 11) is 0. The van der Waals surface area contributed by atoms with E-state index in [0.717, 1.165) is 5.69 Å². The topological polar surface area (TPSA) is 36.4 Å². The zero-order valence-electron chi connectivity index (χ0n) is 7.86. The third-order valence-electron chi connectivity index (χ3n) is 2.37. The van der Waals surface area contributed by atoms with Crippen LogP contribution >= 0.6 is 11.6 Å². The minimum absolute atomic E-state index is 0.177. The van der Waals surface area contributed by atoms with Crippen molar-refractivity contribution in [3.05, 3.63) is 23.5 Å². The molecule has 1 aromatic heterocycles. The Morgan fingerprint density at radius 2 is 2.36 bits per heavy atom. The van der Waals surface area contributed by atoms with Crippen molar-refractivity contribution in [3.63, 3.8) is 0 Å². The molecule has 1 saturated carbocycles. The molecule has 0 amide bonds. The molecule has 14 heavy (non-hydrogen) atoms. The number of hydrogen-bond acceptors (Lipinski definition) is 3. The van der Waals surface area contributed by atoms with Gasteiger partial charge in [0, 0.05) is 24.5 Å². The molecular weight excluding hydrogens is 200 g/mol.